The summed E-state index contributed by atoms with van der Waals surface area (Å²) in [6.07, 6.45) is 7.18. The van der Waals surface area contributed by atoms with Gasteiger partial charge < -0.3 is 10.2 Å². The molecule has 0 unspecified atom stereocenters. The Morgan fingerprint density at radius 2 is 1.93 bits per heavy atom. The highest BCUT2D eigenvalue weighted by molar-refractivity contribution is 6.34. The Kier molecular flexibility index (Phi) is 5.67. The molecule has 8 heteroatoms. The summed E-state index contributed by atoms with van der Waals surface area (Å²) in [4.78, 5) is 33.1. The molecule has 1 saturated heterocycles. The number of nitrogens with one attached hydrogen (secondary N) is 1. The van der Waals surface area contributed by atoms with Gasteiger partial charge in [0.15, 0.2) is 0 Å². The van der Waals surface area contributed by atoms with E-state index >= 15 is 0 Å². The Labute approximate surface area is 173 Å². The second kappa shape index (κ2) is 8.37. The smallest absolute Gasteiger partial charge is 0.320 e. The van der Waals surface area contributed by atoms with Gasteiger partial charge >= 0.3 is 6.03 Å². The van der Waals surface area contributed by atoms with Gasteiger partial charge in [-0.15, -0.1) is 0 Å². The summed E-state index contributed by atoms with van der Waals surface area (Å²) in [5.41, 5.74) is 0.185. The Morgan fingerprint density at radius 3 is 2.62 bits per heavy atom. The summed E-state index contributed by atoms with van der Waals surface area (Å²) in [6.45, 7) is 1.30. The highest BCUT2D eigenvalue weighted by atomic mass is 35.5. The second-order valence-corrected chi connectivity index (χ2v) is 7.78. The van der Waals surface area contributed by atoms with Gasteiger partial charge in [-0.25, -0.2) is 14.2 Å². The van der Waals surface area contributed by atoms with Crippen LogP contribution < -0.4 is 10.2 Å². The molecule has 4 rings (SSSR count). The minimum Gasteiger partial charge on any atom is -0.320 e. The fourth-order valence-electron chi connectivity index (χ4n) is 4.03. The van der Waals surface area contributed by atoms with Crippen molar-refractivity contribution in [3.05, 3.63) is 52.9 Å². The van der Waals surface area contributed by atoms with Crippen molar-refractivity contribution in [1.82, 2.24) is 9.88 Å². The molecule has 2 aromatic rings. The van der Waals surface area contributed by atoms with E-state index < -0.39 is 11.7 Å². The highest BCUT2D eigenvalue weighted by Gasteiger charge is 2.35. The third-order valence-corrected chi connectivity index (χ3v) is 5.84. The summed E-state index contributed by atoms with van der Waals surface area (Å²) in [5, 5.41) is 2.63. The lowest BCUT2D eigenvalue weighted by molar-refractivity contribution is 0.102. The maximum Gasteiger partial charge on any atom is 0.326 e. The van der Waals surface area contributed by atoms with Crippen LogP contribution in [0.4, 0.5) is 20.7 Å². The van der Waals surface area contributed by atoms with E-state index in [2.05, 4.69) is 10.3 Å². The molecule has 1 aromatic heterocycles. The number of pyridine rings is 1. The fraction of sp³-hybridized carbons (Fsp3) is 0.381. The summed E-state index contributed by atoms with van der Waals surface area (Å²) in [5.74, 6) is -0.802. The van der Waals surface area contributed by atoms with Gasteiger partial charge in [-0.3, -0.25) is 9.69 Å². The molecule has 0 spiro atoms. The quantitative estimate of drug-likeness (QED) is 0.785. The van der Waals surface area contributed by atoms with Crippen LogP contribution in [0.3, 0.4) is 0 Å². The van der Waals surface area contributed by atoms with Crippen LogP contribution in [0.15, 0.2) is 36.5 Å². The number of hydrogen-bond donors (Lipinski definition) is 1. The second-order valence-electron chi connectivity index (χ2n) is 7.38. The van der Waals surface area contributed by atoms with E-state index in [1.54, 1.807) is 17.0 Å². The Hall–Kier alpha value is -2.67. The lowest BCUT2D eigenvalue weighted by Crippen LogP contribution is -2.40. The van der Waals surface area contributed by atoms with Crippen molar-refractivity contribution in [1.29, 1.82) is 0 Å². The van der Waals surface area contributed by atoms with Crippen LogP contribution in [0.1, 0.15) is 42.5 Å². The van der Waals surface area contributed by atoms with Crippen LogP contribution in [0.25, 0.3) is 0 Å². The van der Waals surface area contributed by atoms with Crippen LogP contribution in [0, 0.1) is 5.82 Å². The van der Waals surface area contributed by atoms with E-state index in [0.717, 1.165) is 12.8 Å². The Balaban J connectivity index is 1.43. The first-order valence-corrected chi connectivity index (χ1v) is 10.2. The van der Waals surface area contributed by atoms with Gasteiger partial charge in [-0.1, -0.05) is 36.9 Å². The van der Waals surface area contributed by atoms with Crippen molar-refractivity contribution in [2.45, 2.75) is 38.1 Å². The maximum atomic E-state index is 13.9. The number of rotatable bonds is 4. The number of benzene rings is 1. The molecule has 6 nitrogen and oxygen atoms in total. The average Bonchev–Trinajstić information content (AvgIpc) is 3.10. The molecule has 1 N–H and O–H groups in total. The number of nitrogens with zero attached hydrogens (tertiary/aromatic N) is 3. The van der Waals surface area contributed by atoms with Gasteiger partial charge in [0.05, 0.1) is 22.5 Å². The van der Waals surface area contributed by atoms with E-state index in [4.69, 9.17) is 11.6 Å². The van der Waals surface area contributed by atoms with Crippen LogP contribution in [0.5, 0.6) is 0 Å². The van der Waals surface area contributed by atoms with Crippen LogP contribution in [-0.2, 0) is 0 Å². The number of carbonyl (C=O) groups excluding carboxylic acids is 2. The van der Waals surface area contributed by atoms with Crippen molar-refractivity contribution in [2.75, 3.05) is 23.3 Å². The third-order valence-electron chi connectivity index (χ3n) is 5.53. The van der Waals surface area contributed by atoms with Gasteiger partial charge in [0.1, 0.15) is 11.6 Å². The summed E-state index contributed by atoms with van der Waals surface area (Å²) in [7, 11) is 0. The van der Waals surface area contributed by atoms with E-state index in [-0.39, 0.29) is 16.6 Å². The van der Waals surface area contributed by atoms with Crippen molar-refractivity contribution in [3.63, 3.8) is 0 Å². The van der Waals surface area contributed by atoms with E-state index in [1.165, 1.54) is 43.7 Å². The van der Waals surface area contributed by atoms with Crippen LogP contribution >= 0.6 is 11.6 Å². The molecular formula is C21H22ClFN4O2. The van der Waals surface area contributed by atoms with Gasteiger partial charge in [-0.05, 0) is 37.1 Å². The monoisotopic (exact) mass is 416 g/mol. The number of carbonyl (C=O) groups is 2. The topological polar surface area (TPSA) is 65.5 Å². The molecule has 1 saturated carbocycles. The van der Waals surface area contributed by atoms with E-state index in [1.807, 2.05) is 4.90 Å². The summed E-state index contributed by atoms with van der Waals surface area (Å²) in [6, 6.07) is 7.71. The molecule has 0 radical (unpaired) electrons. The molecule has 2 aliphatic rings. The van der Waals surface area contributed by atoms with Crippen LogP contribution in [-0.4, -0.2) is 41.0 Å². The zero-order chi connectivity index (χ0) is 20.4. The average molecular weight is 417 g/mol. The molecule has 2 heterocycles. The molecule has 3 amide bonds. The number of anilines is 2. The lowest BCUT2D eigenvalue weighted by Gasteiger charge is -2.30. The number of amides is 3. The molecule has 29 heavy (non-hydrogen) atoms. The van der Waals surface area contributed by atoms with Gasteiger partial charge in [0.2, 0.25) is 0 Å². The molecule has 0 bridgehead atoms. The summed E-state index contributed by atoms with van der Waals surface area (Å²) < 4.78 is 13.9. The Bertz CT molecular complexity index is 895. The normalized spacial score (nSPS) is 17.7. The molecule has 1 aromatic carbocycles. The predicted octanol–water partition coefficient (Wildman–Crippen LogP) is 4.70. The van der Waals surface area contributed by atoms with Crippen molar-refractivity contribution >= 4 is 35.0 Å². The highest BCUT2D eigenvalue weighted by Crippen LogP contribution is 2.28. The predicted molar refractivity (Wildman–Crippen MR) is 110 cm³/mol. The lowest BCUT2D eigenvalue weighted by atomic mass is 9.94. The molecule has 152 valence electrons. The van der Waals surface area contributed by atoms with Crippen molar-refractivity contribution in [3.8, 4) is 0 Å². The van der Waals surface area contributed by atoms with Crippen molar-refractivity contribution in [2.24, 2.45) is 0 Å². The molecular weight excluding hydrogens is 395 g/mol. The standard InChI is InChI=1S/C21H22ClFN4O2/c22-16-7-4-8-17(23)19(16)20(28)25-14-9-10-18(24-13-14)27-12-11-26(21(27)29)15-5-2-1-3-6-15/h4,7-10,13,15H,1-3,5-6,11-12H2,(H,25,28). The van der Waals surface area contributed by atoms with E-state index in [0.29, 0.717) is 30.6 Å². The first-order chi connectivity index (χ1) is 14.0. The van der Waals surface area contributed by atoms with Crippen LogP contribution in [0.2, 0.25) is 5.02 Å². The molecule has 0 atom stereocenters. The summed E-state index contributed by atoms with van der Waals surface area (Å²) >= 11 is 5.93. The van der Waals surface area contributed by atoms with Gasteiger partial charge in [0.25, 0.3) is 5.91 Å². The first kappa shape index (κ1) is 19.6. The maximum absolute atomic E-state index is 13.9. The van der Waals surface area contributed by atoms with Gasteiger partial charge in [0, 0.05) is 19.1 Å². The largest absolute Gasteiger partial charge is 0.326 e. The number of aromatic nitrogens is 1. The number of halogens is 2. The van der Waals surface area contributed by atoms with E-state index in [9.17, 15) is 14.0 Å². The number of hydrogen-bond acceptors (Lipinski definition) is 3. The van der Waals surface area contributed by atoms with Gasteiger partial charge in [-0.2, -0.15) is 0 Å². The molecule has 2 fully saturated rings. The molecule has 1 aliphatic carbocycles. The zero-order valence-corrected chi connectivity index (χ0v) is 16.7. The SMILES string of the molecule is O=C(Nc1ccc(N2CCN(C3CCCCC3)C2=O)nc1)c1c(F)cccc1Cl. The molecule has 1 aliphatic heterocycles. The minimum absolute atomic E-state index is 0.0145. The fourth-order valence-corrected chi connectivity index (χ4v) is 4.27. The zero-order valence-electron chi connectivity index (χ0n) is 15.9. The minimum atomic E-state index is -0.690. The Morgan fingerprint density at radius 1 is 1.14 bits per heavy atom. The first-order valence-electron chi connectivity index (χ1n) is 9.84. The third kappa shape index (κ3) is 4.05. The van der Waals surface area contributed by atoms with Crippen molar-refractivity contribution < 1.29 is 14.0 Å². The number of urea groups is 1.